The summed E-state index contributed by atoms with van der Waals surface area (Å²) < 4.78 is 27.0. The second kappa shape index (κ2) is 19.5. The zero-order valence-corrected chi connectivity index (χ0v) is 29.8. The molecule has 54 heavy (non-hydrogen) atoms. The van der Waals surface area contributed by atoms with Crippen molar-refractivity contribution < 1.29 is 47.5 Å². The Bertz CT molecular complexity index is 2120. The van der Waals surface area contributed by atoms with E-state index in [4.69, 9.17) is 20.6 Å². The van der Waals surface area contributed by atoms with E-state index in [-0.39, 0.29) is 61.0 Å². The summed E-state index contributed by atoms with van der Waals surface area (Å²) in [4.78, 5) is 76.2. The van der Waals surface area contributed by atoms with Gasteiger partial charge in [-0.15, -0.1) is 0 Å². The number of H-pyrrole nitrogens is 1. The number of nitrogens with zero attached hydrogens (tertiary/aromatic N) is 3. The van der Waals surface area contributed by atoms with Crippen LogP contribution in [0.15, 0.2) is 59.5 Å². The quantitative estimate of drug-likeness (QED) is 0.0364. The Balaban J connectivity index is 1.32. The molecule has 19 nitrogen and oxygen atoms in total. The van der Waals surface area contributed by atoms with Gasteiger partial charge in [0.2, 0.25) is 5.95 Å². The number of rotatable bonds is 21. The number of para-hydroxylation sites is 1. The number of aliphatic carboxylic acids is 2. The first-order valence-corrected chi connectivity index (χ1v) is 17.9. The van der Waals surface area contributed by atoms with E-state index in [1.165, 1.54) is 18.3 Å². The summed E-state index contributed by atoms with van der Waals surface area (Å²) >= 11 is 0. The van der Waals surface area contributed by atoms with E-state index in [9.17, 15) is 33.6 Å². The van der Waals surface area contributed by atoms with Gasteiger partial charge >= 0.3 is 19.8 Å². The molecule has 2 heterocycles. The van der Waals surface area contributed by atoms with Crippen molar-refractivity contribution in [3.8, 4) is 12.5 Å². The minimum atomic E-state index is -3.83. The van der Waals surface area contributed by atoms with Crippen molar-refractivity contribution in [1.29, 1.82) is 0 Å². The first-order chi connectivity index (χ1) is 25.9. The molecule has 2 aromatic heterocycles. The zero-order valence-electron chi connectivity index (χ0n) is 28.9. The molecule has 0 aliphatic heterocycles. The first kappa shape index (κ1) is 40.4. The third-order valence-corrected chi connectivity index (χ3v) is 8.72. The second-order valence-corrected chi connectivity index (χ2v) is 12.8. The van der Waals surface area contributed by atoms with E-state index in [2.05, 4.69) is 45.7 Å². The Labute approximate surface area is 307 Å². The molecule has 0 aliphatic rings. The number of fused-ring (bicyclic) bond motifs is 1. The number of phosphoric acid groups is 1. The van der Waals surface area contributed by atoms with Crippen LogP contribution in [-0.2, 0) is 34.3 Å². The highest BCUT2D eigenvalue weighted by atomic mass is 31.2. The van der Waals surface area contributed by atoms with Crippen LogP contribution in [0.25, 0.3) is 11.2 Å². The van der Waals surface area contributed by atoms with Gasteiger partial charge in [-0.05, 0) is 62.6 Å². The number of anilines is 3. The number of phosphoric ester groups is 1. The lowest BCUT2D eigenvalue weighted by Crippen LogP contribution is -2.41. The standard InChI is InChI=1S/C34H37N8O11P/c1-3-51-54(50,52-4-2)53-18-8-7-17-35-31(46)24-9-5-6-10-25(24)40-34-41-29-28(32(47)42-34)38-23(20-37-29)19-36-22-13-11-21(12-14-22)30(45)39-26(33(48)49)15-16-27(43)44/h1,5-6,9-14,20,26,36H,4,7-8,15-19H2,2H3,(H,35,46)(H,39,45)(H,43,44)(H,48,49)(H2,37,40,41,42,47)/t26-,54?/m0/s1. The van der Waals surface area contributed by atoms with Crippen LogP contribution in [0, 0.1) is 12.5 Å². The maximum atomic E-state index is 13.0. The average molecular weight is 765 g/mol. The number of carbonyl (C=O) groups excluding carboxylic acids is 2. The minimum absolute atomic E-state index is 0.0266. The van der Waals surface area contributed by atoms with Gasteiger partial charge in [0, 0.05) is 24.2 Å². The molecule has 2 amide bonds. The van der Waals surface area contributed by atoms with Gasteiger partial charge in [-0.2, -0.15) is 4.98 Å². The number of nitrogens with one attached hydrogen (secondary N) is 5. The van der Waals surface area contributed by atoms with Crippen LogP contribution in [0.5, 0.6) is 0 Å². The third kappa shape index (κ3) is 11.8. The van der Waals surface area contributed by atoms with Gasteiger partial charge in [-0.3, -0.25) is 33.2 Å². The smallest absolute Gasteiger partial charge is 0.481 e. The summed E-state index contributed by atoms with van der Waals surface area (Å²) in [6.45, 7) is 2.16. The number of terminal acetylenes is 1. The molecular weight excluding hydrogens is 727 g/mol. The van der Waals surface area contributed by atoms with Crippen LogP contribution in [0.1, 0.15) is 59.0 Å². The highest BCUT2D eigenvalue weighted by Crippen LogP contribution is 2.49. The molecule has 0 aliphatic carbocycles. The number of amides is 2. The van der Waals surface area contributed by atoms with Crippen LogP contribution in [0.4, 0.5) is 17.3 Å². The molecule has 7 N–H and O–H groups in total. The zero-order chi connectivity index (χ0) is 39.1. The molecule has 2 atom stereocenters. The average Bonchev–Trinajstić information content (AvgIpc) is 3.14. The number of benzene rings is 2. The molecule has 4 rings (SSSR count). The van der Waals surface area contributed by atoms with Gasteiger partial charge in [0.15, 0.2) is 11.2 Å². The summed E-state index contributed by atoms with van der Waals surface area (Å²) in [5.41, 5.74) is 1.23. The van der Waals surface area contributed by atoms with Gasteiger partial charge in [-0.1, -0.05) is 18.6 Å². The van der Waals surface area contributed by atoms with Crippen molar-refractivity contribution in [3.05, 3.63) is 81.9 Å². The SMILES string of the molecule is C#COP(=O)(OCC)OCCCCNC(=O)c1ccccc1Nc1nc2ncc(CNc3ccc(C(=O)N[C@@H](CCC(=O)O)C(=O)O)cc3)nc2c(=O)[nH]1. The molecule has 0 radical (unpaired) electrons. The molecule has 0 saturated carbocycles. The Morgan fingerprint density at radius 1 is 1.02 bits per heavy atom. The predicted molar refractivity (Wildman–Crippen MR) is 194 cm³/mol. The van der Waals surface area contributed by atoms with E-state index >= 15 is 0 Å². The molecule has 0 bridgehead atoms. The predicted octanol–water partition coefficient (Wildman–Crippen LogP) is 3.40. The molecule has 0 saturated heterocycles. The summed E-state index contributed by atoms with van der Waals surface area (Å²) in [5.74, 6) is -3.56. The minimum Gasteiger partial charge on any atom is -0.481 e. The molecular formula is C34H37N8O11P. The lowest BCUT2D eigenvalue weighted by molar-refractivity contribution is -0.140. The maximum absolute atomic E-state index is 13.0. The number of aromatic amines is 1. The molecule has 284 valence electrons. The Kier molecular flexibility index (Phi) is 14.6. The number of unbranched alkanes of at least 4 members (excludes halogenated alkanes) is 1. The largest absolute Gasteiger partial charge is 0.538 e. The van der Waals surface area contributed by atoms with Crippen LogP contribution in [0.3, 0.4) is 0 Å². The van der Waals surface area contributed by atoms with E-state index in [0.29, 0.717) is 29.9 Å². The fraction of sp³-hybridized carbons (Fsp3) is 0.294. The lowest BCUT2D eigenvalue weighted by Gasteiger charge is -2.14. The lowest BCUT2D eigenvalue weighted by atomic mass is 10.1. The van der Waals surface area contributed by atoms with Crippen molar-refractivity contribution in [2.45, 2.75) is 45.2 Å². The van der Waals surface area contributed by atoms with E-state index in [0.717, 1.165) is 0 Å². The number of hydrogen-bond donors (Lipinski definition) is 7. The van der Waals surface area contributed by atoms with Gasteiger partial charge in [0.1, 0.15) is 12.1 Å². The van der Waals surface area contributed by atoms with Crippen molar-refractivity contribution in [1.82, 2.24) is 30.6 Å². The van der Waals surface area contributed by atoms with Crippen molar-refractivity contribution in [3.63, 3.8) is 0 Å². The normalized spacial score (nSPS) is 12.4. The topological polar surface area (TPSA) is 273 Å². The fourth-order valence-electron chi connectivity index (χ4n) is 4.73. The Hall–Kier alpha value is -6.35. The molecule has 20 heteroatoms. The van der Waals surface area contributed by atoms with Crippen molar-refractivity contribution in [2.75, 3.05) is 30.4 Å². The van der Waals surface area contributed by atoms with Crippen LogP contribution in [0.2, 0.25) is 0 Å². The maximum Gasteiger partial charge on any atom is 0.538 e. The number of carboxylic acids is 2. The van der Waals surface area contributed by atoms with E-state index < -0.39 is 49.6 Å². The molecule has 0 fully saturated rings. The molecule has 0 spiro atoms. The van der Waals surface area contributed by atoms with Gasteiger partial charge in [-0.25, -0.2) is 19.3 Å². The third-order valence-electron chi connectivity index (χ3n) is 7.32. The fourth-order valence-corrected chi connectivity index (χ4v) is 5.71. The highest BCUT2D eigenvalue weighted by Gasteiger charge is 2.26. The Morgan fingerprint density at radius 2 is 1.78 bits per heavy atom. The Morgan fingerprint density at radius 3 is 2.48 bits per heavy atom. The number of aromatic nitrogens is 4. The second-order valence-electron chi connectivity index (χ2n) is 11.2. The highest BCUT2D eigenvalue weighted by molar-refractivity contribution is 7.48. The van der Waals surface area contributed by atoms with Crippen molar-refractivity contribution in [2.24, 2.45) is 0 Å². The molecule has 4 aromatic rings. The molecule has 2 aromatic carbocycles. The summed E-state index contributed by atoms with van der Waals surface area (Å²) in [6.07, 6.45) is 8.50. The van der Waals surface area contributed by atoms with Gasteiger partial charge in [0.05, 0.1) is 42.9 Å². The van der Waals surface area contributed by atoms with Gasteiger partial charge < -0.3 is 36.0 Å². The summed E-state index contributed by atoms with van der Waals surface area (Å²) in [5, 5.41) is 29.2. The first-order valence-electron chi connectivity index (χ1n) is 16.4. The van der Waals surface area contributed by atoms with Crippen LogP contribution in [-0.4, -0.2) is 79.7 Å². The number of hydrogen-bond acceptors (Lipinski definition) is 14. The number of carboxylic acid groups (broad SMARTS) is 2. The summed E-state index contributed by atoms with van der Waals surface area (Å²) in [7, 11) is -3.83. The van der Waals surface area contributed by atoms with E-state index in [1.54, 1.807) is 49.4 Å². The van der Waals surface area contributed by atoms with Crippen LogP contribution >= 0.6 is 7.82 Å². The monoisotopic (exact) mass is 764 g/mol. The number of carbonyl (C=O) groups is 4. The van der Waals surface area contributed by atoms with Crippen molar-refractivity contribution >= 4 is 60.1 Å². The van der Waals surface area contributed by atoms with Gasteiger partial charge in [0.25, 0.3) is 17.4 Å². The molecule has 1 unspecified atom stereocenters. The van der Waals surface area contributed by atoms with Crippen LogP contribution < -0.4 is 26.8 Å². The van der Waals surface area contributed by atoms with E-state index in [1.807, 2.05) is 0 Å². The summed E-state index contributed by atoms with van der Waals surface area (Å²) in [6, 6.07) is 11.3.